The number of ether oxygens (including phenoxy) is 1. The standard InChI is InChI=1S/C13H12N2O4/c16-12-10-6-7-15(8-11(10)19-14-12)13(17)18-9-4-2-1-3-5-9/h1-5H,6-8H2,(H,14,16). The van der Waals surface area contributed by atoms with Gasteiger partial charge in [0.2, 0.25) is 0 Å². The molecular formula is C13H12N2O4. The number of aromatic hydroxyl groups is 1. The molecule has 0 bridgehead atoms. The molecule has 1 aliphatic rings. The highest BCUT2D eigenvalue weighted by molar-refractivity contribution is 5.71. The average Bonchev–Trinajstić information content (AvgIpc) is 2.81. The Labute approximate surface area is 109 Å². The third-order valence-corrected chi connectivity index (χ3v) is 3.02. The van der Waals surface area contributed by atoms with Gasteiger partial charge in [0.1, 0.15) is 5.75 Å². The molecule has 0 aliphatic carbocycles. The van der Waals surface area contributed by atoms with E-state index in [1.54, 1.807) is 24.3 Å². The summed E-state index contributed by atoms with van der Waals surface area (Å²) in [6.45, 7) is 0.724. The van der Waals surface area contributed by atoms with Crippen LogP contribution in [0, 0.1) is 0 Å². The minimum absolute atomic E-state index is 0.0916. The number of aromatic nitrogens is 1. The lowest BCUT2D eigenvalue weighted by atomic mass is 10.1. The molecule has 1 amide bonds. The Morgan fingerprint density at radius 2 is 2.16 bits per heavy atom. The third kappa shape index (κ3) is 2.24. The highest BCUT2D eigenvalue weighted by atomic mass is 16.6. The van der Waals surface area contributed by atoms with E-state index in [1.807, 2.05) is 6.07 Å². The van der Waals surface area contributed by atoms with Crippen molar-refractivity contribution in [3.05, 3.63) is 41.7 Å². The summed E-state index contributed by atoms with van der Waals surface area (Å²) in [4.78, 5) is 13.5. The summed E-state index contributed by atoms with van der Waals surface area (Å²) in [5, 5.41) is 12.9. The summed E-state index contributed by atoms with van der Waals surface area (Å²) in [5.41, 5.74) is 0.670. The molecule has 98 valence electrons. The van der Waals surface area contributed by atoms with E-state index >= 15 is 0 Å². The number of hydrogen-bond acceptors (Lipinski definition) is 5. The summed E-state index contributed by atoms with van der Waals surface area (Å²) >= 11 is 0. The van der Waals surface area contributed by atoms with Gasteiger partial charge in [-0.2, -0.15) is 0 Å². The van der Waals surface area contributed by atoms with Crippen molar-refractivity contribution >= 4 is 6.09 Å². The largest absolute Gasteiger partial charge is 0.491 e. The summed E-state index contributed by atoms with van der Waals surface area (Å²) in [6, 6.07) is 8.87. The van der Waals surface area contributed by atoms with Crippen molar-refractivity contribution in [1.82, 2.24) is 10.1 Å². The number of amides is 1. The maximum atomic E-state index is 12.0. The fourth-order valence-corrected chi connectivity index (χ4v) is 2.02. The third-order valence-electron chi connectivity index (χ3n) is 3.02. The predicted molar refractivity (Wildman–Crippen MR) is 64.7 cm³/mol. The molecule has 0 atom stereocenters. The normalized spacial score (nSPS) is 14.0. The van der Waals surface area contributed by atoms with Gasteiger partial charge in [-0.1, -0.05) is 18.2 Å². The van der Waals surface area contributed by atoms with E-state index in [1.165, 1.54) is 4.90 Å². The number of carbonyl (C=O) groups excluding carboxylic acids is 1. The molecule has 6 nitrogen and oxygen atoms in total. The number of rotatable bonds is 1. The highest BCUT2D eigenvalue weighted by Gasteiger charge is 2.27. The maximum absolute atomic E-state index is 12.0. The molecule has 0 radical (unpaired) electrons. The van der Waals surface area contributed by atoms with Crippen molar-refractivity contribution in [3.63, 3.8) is 0 Å². The van der Waals surface area contributed by atoms with E-state index < -0.39 is 6.09 Å². The van der Waals surface area contributed by atoms with Crippen LogP contribution in [0.3, 0.4) is 0 Å². The maximum Gasteiger partial charge on any atom is 0.415 e. The Bertz CT molecular complexity index is 594. The lowest BCUT2D eigenvalue weighted by Crippen LogP contribution is -2.37. The topological polar surface area (TPSA) is 75.8 Å². The zero-order chi connectivity index (χ0) is 13.2. The van der Waals surface area contributed by atoms with Gasteiger partial charge in [0.05, 0.1) is 12.1 Å². The summed E-state index contributed by atoms with van der Waals surface area (Å²) in [6.07, 6.45) is 0.0712. The smallest absolute Gasteiger partial charge is 0.415 e. The van der Waals surface area contributed by atoms with Crippen LogP contribution >= 0.6 is 0 Å². The lowest BCUT2D eigenvalue weighted by molar-refractivity contribution is 0.140. The number of nitrogens with zero attached hydrogens (tertiary/aromatic N) is 2. The van der Waals surface area contributed by atoms with E-state index in [2.05, 4.69) is 5.16 Å². The van der Waals surface area contributed by atoms with Gasteiger partial charge in [-0.25, -0.2) is 4.79 Å². The Morgan fingerprint density at radius 1 is 1.37 bits per heavy atom. The quantitative estimate of drug-likeness (QED) is 0.848. The van der Waals surface area contributed by atoms with Crippen molar-refractivity contribution < 1.29 is 19.2 Å². The van der Waals surface area contributed by atoms with Crippen LogP contribution in [0.2, 0.25) is 0 Å². The molecule has 2 heterocycles. The van der Waals surface area contributed by atoms with E-state index in [9.17, 15) is 9.90 Å². The molecule has 2 aromatic rings. The minimum atomic E-state index is -0.437. The van der Waals surface area contributed by atoms with Gasteiger partial charge in [0.15, 0.2) is 5.76 Å². The number of carbonyl (C=O) groups is 1. The fourth-order valence-electron chi connectivity index (χ4n) is 2.02. The molecule has 1 aliphatic heterocycles. The first-order valence-corrected chi connectivity index (χ1v) is 5.92. The minimum Gasteiger partial charge on any atom is -0.491 e. The summed E-state index contributed by atoms with van der Waals surface area (Å²) in [5.74, 6) is 0.915. The number of hydrogen-bond donors (Lipinski definition) is 1. The van der Waals surface area contributed by atoms with Crippen molar-refractivity contribution in [1.29, 1.82) is 0 Å². The lowest BCUT2D eigenvalue weighted by Gasteiger charge is -2.24. The summed E-state index contributed by atoms with van der Waals surface area (Å²) < 4.78 is 10.2. The molecule has 0 unspecified atom stereocenters. The van der Waals surface area contributed by atoms with Gasteiger partial charge < -0.3 is 14.4 Å². The molecule has 0 saturated carbocycles. The second-order valence-electron chi connectivity index (χ2n) is 4.26. The Morgan fingerprint density at radius 3 is 2.95 bits per heavy atom. The van der Waals surface area contributed by atoms with Crippen molar-refractivity contribution in [3.8, 4) is 11.6 Å². The Balaban J connectivity index is 1.69. The molecule has 3 rings (SSSR count). The van der Waals surface area contributed by atoms with E-state index in [0.717, 1.165) is 0 Å². The van der Waals surface area contributed by atoms with Crippen LogP contribution in [0.1, 0.15) is 11.3 Å². The second-order valence-corrected chi connectivity index (χ2v) is 4.26. The zero-order valence-corrected chi connectivity index (χ0v) is 10.1. The highest BCUT2D eigenvalue weighted by Crippen LogP contribution is 2.26. The van der Waals surface area contributed by atoms with Gasteiger partial charge in [-0.3, -0.25) is 4.90 Å². The van der Waals surface area contributed by atoms with E-state index in [4.69, 9.17) is 9.26 Å². The Hall–Kier alpha value is -2.50. The molecule has 0 fully saturated rings. The van der Waals surface area contributed by atoms with Crippen LogP contribution in [0.5, 0.6) is 11.6 Å². The number of fused-ring (bicyclic) bond motifs is 1. The molecule has 0 spiro atoms. The first kappa shape index (κ1) is 11.6. The second kappa shape index (κ2) is 4.64. The van der Waals surface area contributed by atoms with Gasteiger partial charge in [-0.15, -0.1) is 0 Å². The van der Waals surface area contributed by atoms with Gasteiger partial charge in [-0.05, 0) is 23.7 Å². The van der Waals surface area contributed by atoms with Crippen molar-refractivity contribution in [2.24, 2.45) is 0 Å². The first-order chi connectivity index (χ1) is 9.24. The van der Waals surface area contributed by atoms with Gasteiger partial charge in [0, 0.05) is 6.54 Å². The van der Waals surface area contributed by atoms with Crippen LogP contribution in [0.4, 0.5) is 4.79 Å². The summed E-state index contributed by atoms with van der Waals surface area (Å²) in [7, 11) is 0. The van der Waals surface area contributed by atoms with Crippen molar-refractivity contribution in [2.75, 3.05) is 6.54 Å². The number of para-hydroxylation sites is 1. The Kier molecular flexibility index (Phi) is 2.83. The van der Waals surface area contributed by atoms with Crippen LogP contribution in [-0.2, 0) is 13.0 Å². The number of benzene rings is 1. The zero-order valence-electron chi connectivity index (χ0n) is 10.1. The van der Waals surface area contributed by atoms with E-state index in [0.29, 0.717) is 30.0 Å². The average molecular weight is 260 g/mol. The molecule has 1 N–H and O–H groups in total. The molecule has 0 saturated heterocycles. The van der Waals surface area contributed by atoms with Crippen LogP contribution in [0.25, 0.3) is 0 Å². The van der Waals surface area contributed by atoms with E-state index in [-0.39, 0.29) is 12.4 Å². The van der Waals surface area contributed by atoms with Crippen LogP contribution < -0.4 is 4.74 Å². The first-order valence-electron chi connectivity index (χ1n) is 5.92. The van der Waals surface area contributed by atoms with Gasteiger partial charge >= 0.3 is 6.09 Å². The molecular weight excluding hydrogens is 248 g/mol. The van der Waals surface area contributed by atoms with Crippen molar-refractivity contribution in [2.45, 2.75) is 13.0 Å². The molecule has 19 heavy (non-hydrogen) atoms. The SMILES string of the molecule is O=C(Oc1ccccc1)N1CCc2c(O)noc2C1. The van der Waals surface area contributed by atoms with Gasteiger partial charge in [0.25, 0.3) is 5.88 Å². The molecule has 1 aromatic carbocycles. The predicted octanol–water partition coefficient (Wildman–Crippen LogP) is 1.94. The molecule has 6 heteroatoms. The van der Waals surface area contributed by atoms with Crippen LogP contribution in [-0.4, -0.2) is 27.8 Å². The molecule has 1 aromatic heterocycles. The fraction of sp³-hybridized carbons (Fsp3) is 0.231. The monoisotopic (exact) mass is 260 g/mol. The van der Waals surface area contributed by atoms with Crippen LogP contribution in [0.15, 0.2) is 34.9 Å².